The van der Waals surface area contributed by atoms with Crippen LogP contribution < -0.4 is 19.1 Å². The second-order valence-corrected chi connectivity index (χ2v) is 8.73. The van der Waals surface area contributed by atoms with Crippen LogP contribution in [-0.2, 0) is 14.8 Å². The van der Waals surface area contributed by atoms with E-state index in [0.717, 1.165) is 23.1 Å². The Morgan fingerprint density at radius 3 is 2.68 bits per heavy atom. The molecule has 1 N–H and O–H groups in total. The van der Waals surface area contributed by atoms with Crippen LogP contribution in [0.5, 0.6) is 11.5 Å². The molecule has 1 heterocycles. The number of carbonyl (C=O) groups excluding carboxylic acids is 1. The minimum atomic E-state index is -3.54. The molecule has 0 bridgehead atoms. The highest BCUT2D eigenvalue weighted by atomic mass is 32.2. The molecule has 0 saturated carbocycles. The molecule has 3 rings (SSSR count). The zero-order valence-corrected chi connectivity index (χ0v) is 17.0. The lowest BCUT2D eigenvalue weighted by molar-refractivity contribution is -0.127. The van der Waals surface area contributed by atoms with Gasteiger partial charge in [0.1, 0.15) is 18.1 Å². The number of fused-ring (bicyclic) bond motifs is 1. The molecule has 2 aromatic carbocycles. The predicted molar refractivity (Wildman–Crippen MR) is 107 cm³/mol. The quantitative estimate of drug-likeness (QED) is 0.745. The Kier molecular flexibility index (Phi) is 5.79. The molecule has 150 valence electrons. The van der Waals surface area contributed by atoms with Crippen molar-refractivity contribution in [2.75, 3.05) is 30.3 Å². The van der Waals surface area contributed by atoms with Gasteiger partial charge in [-0.15, -0.1) is 0 Å². The molecule has 1 aliphatic heterocycles. The van der Waals surface area contributed by atoms with Crippen LogP contribution >= 0.6 is 0 Å². The molecule has 8 heteroatoms. The Labute approximate surface area is 165 Å². The second-order valence-electron chi connectivity index (χ2n) is 6.83. The average Bonchev–Trinajstić information content (AvgIpc) is 2.63. The molecule has 0 saturated heterocycles. The van der Waals surface area contributed by atoms with Gasteiger partial charge in [0.05, 0.1) is 25.0 Å². The number of nitrogens with one attached hydrogen (secondary N) is 1. The summed E-state index contributed by atoms with van der Waals surface area (Å²) in [5.41, 5.74) is 2.45. The van der Waals surface area contributed by atoms with Gasteiger partial charge in [-0.2, -0.15) is 0 Å². The summed E-state index contributed by atoms with van der Waals surface area (Å²) < 4.78 is 36.9. The van der Waals surface area contributed by atoms with Crippen molar-refractivity contribution in [2.24, 2.45) is 0 Å². The summed E-state index contributed by atoms with van der Waals surface area (Å²) >= 11 is 0. The van der Waals surface area contributed by atoms with Crippen molar-refractivity contribution in [1.82, 2.24) is 5.32 Å². The first-order valence-corrected chi connectivity index (χ1v) is 10.8. The van der Waals surface area contributed by atoms with E-state index < -0.39 is 16.1 Å². The van der Waals surface area contributed by atoms with E-state index in [2.05, 4.69) is 5.32 Å². The van der Waals surface area contributed by atoms with Gasteiger partial charge in [-0.25, -0.2) is 8.42 Å². The highest BCUT2D eigenvalue weighted by Crippen LogP contribution is 2.35. The highest BCUT2D eigenvalue weighted by molar-refractivity contribution is 7.92. The maximum Gasteiger partial charge on any atom is 0.263 e. The Morgan fingerprint density at radius 2 is 1.96 bits per heavy atom. The number of amides is 1. The van der Waals surface area contributed by atoms with E-state index in [0.29, 0.717) is 18.0 Å². The number of sulfonamides is 1. The lowest BCUT2D eigenvalue weighted by atomic mass is 10.1. The summed E-state index contributed by atoms with van der Waals surface area (Å²) in [6.07, 6.45) is 0.190. The first-order chi connectivity index (χ1) is 13.2. The van der Waals surface area contributed by atoms with Gasteiger partial charge in [-0.1, -0.05) is 18.2 Å². The van der Waals surface area contributed by atoms with Crippen molar-refractivity contribution < 1.29 is 22.7 Å². The molecule has 2 aromatic rings. The standard InChI is InChI=1S/C20H24N2O5S/c1-14-5-4-6-16(11-14)26-10-9-21-20(23)19-13-22(28(3,24)25)17-8-7-15(2)12-18(17)27-19/h4-8,11-12,19H,9-10,13H2,1-3H3,(H,21,23)/t19-/m0/s1. The maximum atomic E-state index is 12.5. The number of ether oxygens (including phenoxy) is 2. The van der Waals surface area contributed by atoms with E-state index >= 15 is 0 Å². The fourth-order valence-corrected chi connectivity index (χ4v) is 3.89. The maximum absolute atomic E-state index is 12.5. The fraction of sp³-hybridized carbons (Fsp3) is 0.350. The van der Waals surface area contributed by atoms with E-state index in [1.54, 1.807) is 12.1 Å². The van der Waals surface area contributed by atoms with Crippen molar-refractivity contribution in [3.05, 3.63) is 53.6 Å². The van der Waals surface area contributed by atoms with Gasteiger partial charge < -0.3 is 14.8 Å². The number of rotatable bonds is 6. The summed E-state index contributed by atoms with van der Waals surface area (Å²) in [5, 5.41) is 2.74. The summed E-state index contributed by atoms with van der Waals surface area (Å²) in [7, 11) is -3.54. The van der Waals surface area contributed by atoms with Crippen LogP contribution in [0.2, 0.25) is 0 Å². The van der Waals surface area contributed by atoms with Gasteiger partial charge in [-0.05, 0) is 49.2 Å². The number of carbonyl (C=O) groups is 1. The van der Waals surface area contributed by atoms with Crippen LogP contribution in [0, 0.1) is 13.8 Å². The Balaban J connectivity index is 1.62. The summed E-state index contributed by atoms with van der Waals surface area (Å²) in [6.45, 7) is 4.36. The predicted octanol–water partition coefficient (Wildman–Crippen LogP) is 2.03. The molecular formula is C20H24N2O5S. The number of anilines is 1. The molecule has 0 aromatic heterocycles. The van der Waals surface area contributed by atoms with Crippen LogP contribution in [0.3, 0.4) is 0 Å². The summed E-state index contributed by atoms with van der Waals surface area (Å²) in [4.78, 5) is 12.5. The van der Waals surface area contributed by atoms with Crippen LogP contribution in [0.15, 0.2) is 42.5 Å². The average molecular weight is 404 g/mol. The molecular weight excluding hydrogens is 380 g/mol. The van der Waals surface area contributed by atoms with Gasteiger partial charge in [0.25, 0.3) is 5.91 Å². The largest absolute Gasteiger partial charge is 0.492 e. The molecule has 0 radical (unpaired) electrons. The third kappa shape index (κ3) is 4.75. The van der Waals surface area contributed by atoms with Crippen molar-refractivity contribution in [3.63, 3.8) is 0 Å². The number of hydrogen-bond donors (Lipinski definition) is 1. The van der Waals surface area contributed by atoms with E-state index in [-0.39, 0.29) is 19.0 Å². The topological polar surface area (TPSA) is 84.9 Å². The zero-order valence-electron chi connectivity index (χ0n) is 16.1. The van der Waals surface area contributed by atoms with Gasteiger partial charge in [0, 0.05) is 0 Å². The molecule has 0 unspecified atom stereocenters. The van der Waals surface area contributed by atoms with Crippen molar-refractivity contribution in [1.29, 1.82) is 0 Å². The Morgan fingerprint density at radius 1 is 1.21 bits per heavy atom. The monoisotopic (exact) mass is 404 g/mol. The van der Waals surface area contributed by atoms with Crippen molar-refractivity contribution in [3.8, 4) is 11.5 Å². The molecule has 7 nitrogen and oxygen atoms in total. The molecule has 0 fully saturated rings. The fourth-order valence-electron chi connectivity index (χ4n) is 2.97. The van der Waals surface area contributed by atoms with E-state index in [1.165, 1.54) is 4.31 Å². The Hall–Kier alpha value is -2.74. The molecule has 28 heavy (non-hydrogen) atoms. The van der Waals surface area contributed by atoms with E-state index in [9.17, 15) is 13.2 Å². The number of aryl methyl sites for hydroxylation is 2. The van der Waals surface area contributed by atoms with Gasteiger partial charge in [0.15, 0.2) is 6.10 Å². The van der Waals surface area contributed by atoms with Crippen LogP contribution in [-0.4, -0.2) is 46.4 Å². The summed E-state index contributed by atoms with van der Waals surface area (Å²) in [6, 6.07) is 12.9. The molecule has 1 aliphatic rings. The second kappa shape index (κ2) is 8.10. The zero-order chi connectivity index (χ0) is 20.3. The normalized spacial score (nSPS) is 16.1. The number of hydrogen-bond acceptors (Lipinski definition) is 5. The van der Waals surface area contributed by atoms with E-state index in [4.69, 9.17) is 9.47 Å². The van der Waals surface area contributed by atoms with E-state index in [1.807, 2.05) is 44.2 Å². The first-order valence-electron chi connectivity index (χ1n) is 8.96. The lowest BCUT2D eigenvalue weighted by Gasteiger charge is -2.34. The molecule has 0 spiro atoms. The van der Waals surface area contributed by atoms with Crippen LogP contribution in [0.4, 0.5) is 5.69 Å². The summed E-state index contributed by atoms with van der Waals surface area (Å²) in [5.74, 6) is 0.734. The van der Waals surface area contributed by atoms with Crippen LogP contribution in [0.25, 0.3) is 0 Å². The minimum Gasteiger partial charge on any atom is -0.492 e. The molecule has 1 atom stereocenters. The smallest absolute Gasteiger partial charge is 0.263 e. The molecule has 1 amide bonds. The van der Waals surface area contributed by atoms with Crippen LogP contribution in [0.1, 0.15) is 11.1 Å². The van der Waals surface area contributed by atoms with Gasteiger partial charge in [-0.3, -0.25) is 9.10 Å². The van der Waals surface area contributed by atoms with Gasteiger partial charge in [0.2, 0.25) is 10.0 Å². The third-order valence-electron chi connectivity index (χ3n) is 4.34. The third-order valence-corrected chi connectivity index (χ3v) is 5.48. The molecule has 0 aliphatic carbocycles. The highest BCUT2D eigenvalue weighted by Gasteiger charge is 2.34. The number of nitrogens with zero attached hydrogens (tertiary/aromatic N) is 1. The first kappa shape index (κ1) is 20.0. The lowest BCUT2D eigenvalue weighted by Crippen LogP contribution is -2.51. The SMILES string of the molecule is Cc1cccc(OCCNC(=O)[C@@H]2CN(S(C)(=O)=O)c3ccc(C)cc3O2)c1. The van der Waals surface area contributed by atoms with Crippen molar-refractivity contribution >= 4 is 21.6 Å². The van der Waals surface area contributed by atoms with Crippen molar-refractivity contribution in [2.45, 2.75) is 20.0 Å². The Bertz CT molecular complexity index is 974. The number of benzene rings is 2. The van der Waals surface area contributed by atoms with Gasteiger partial charge >= 0.3 is 0 Å². The minimum absolute atomic E-state index is 0.0700.